The average molecular weight is 414 g/mol. The zero-order valence-electron chi connectivity index (χ0n) is 15.7. The van der Waals surface area contributed by atoms with Crippen molar-refractivity contribution in [1.82, 2.24) is 0 Å². The minimum Gasteiger partial charge on any atom is -0.406 e. The van der Waals surface area contributed by atoms with E-state index < -0.39 is 20.9 Å². The van der Waals surface area contributed by atoms with Gasteiger partial charge < -0.3 is 4.74 Å². The van der Waals surface area contributed by atoms with Gasteiger partial charge in [0.1, 0.15) is 5.75 Å². The van der Waals surface area contributed by atoms with E-state index in [2.05, 4.69) is 4.74 Å². The van der Waals surface area contributed by atoms with E-state index in [1.54, 1.807) is 45.0 Å². The Kier molecular flexibility index (Phi) is 6.23. The Morgan fingerprint density at radius 2 is 1.39 bits per heavy atom. The maximum atomic E-state index is 12.4. The van der Waals surface area contributed by atoms with Crippen LogP contribution in [0.3, 0.4) is 0 Å². The van der Waals surface area contributed by atoms with Crippen LogP contribution in [0, 0.1) is 0 Å². The van der Waals surface area contributed by atoms with Gasteiger partial charge in [-0.3, -0.25) is 4.79 Å². The quantitative estimate of drug-likeness (QED) is 0.642. The first-order valence-electron chi connectivity index (χ1n) is 8.46. The molecule has 0 saturated carbocycles. The van der Waals surface area contributed by atoms with Crippen LogP contribution in [0.1, 0.15) is 42.3 Å². The standard InChI is InChI=1S/C20H21F3O4S/c1-19(2,3)28(25,26)13-15-4-8-16(9-5-15)18(24)12-14-6-10-17(11-7-14)27-20(21,22)23/h4-11H,12-13H2,1-3H3. The van der Waals surface area contributed by atoms with Crippen molar-refractivity contribution in [3.63, 3.8) is 0 Å². The second-order valence-corrected chi connectivity index (χ2v) is 10.1. The van der Waals surface area contributed by atoms with Gasteiger partial charge in [-0.25, -0.2) is 8.42 Å². The van der Waals surface area contributed by atoms with Gasteiger partial charge in [-0.1, -0.05) is 36.4 Å². The minimum atomic E-state index is -4.76. The van der Waals surface area contributed by atoms with Crippen LogP contribution in [0.5, 0.6) is 5.75 Å². The lowest BCUT2D eigenvalue weighted by atomic mass is 10.0. The molecule has 0 aromatic heterocycles. The molecule has 0 aliphatic carbocycles. The lowest BCUT2D eigenvalue weighted by Gasteiger charge is -2.19. The predicted octanol–water partition coefficient (Wildman–Crippen LogP) is 4.72. The molecule has 152 valence electrons. The predicted molar refractivity (Wildman–Crippen MR) is 100.0 cm³/mol. The van der Waals surface area contributed by atoms with Crippen LogP contribution < -0.4 is 4.74 Å². The third-order valence-electron chi connectivity index (χ3n) is 4.09. The highest BCUT2D eigenvalue weighted by Crippen LogP contribution is 2.24. The molecule has 0 aliphatic rings. The molecule has 0 atom stereocenters. The fourth-order valence-corrected chi connectivity index (χ4v) is 3.38. The van der Waals surface area contributed by atoms with Crippen LogP contribution in [0.2, 0.25) is 0 Å². The number of hydrogen-bond donors (Lipinski definition) is 0. The first-order chi connectivity index (χ1) is 12.8. The maximum absolute atomic E-state index is 12.4. The number of carbonyl (C=O) groups is 1. The molecule has 0 heterocycles. The monoisotopic (exact) mass is 414 g/mol. The normalized spacial score (nSPS) is 12.6. The maximum Gasteiger partial charge on any atom is 0.573 e. The Labute approximate surface area is 162 Å². The molecule has 2 aromatic carbocycles. The number of ketones is 1. The van der Waals surface area contributed by atoms with Gasteiger partial charge in [0.2, 0.25) is 0 Å². The average Bonchev–Trinajstić information content (AvgIpc) is 2.54. The van der Waals surface area contributed by atoms with Crippen LogP contribution in [0.15, 0.2) is 48.5 Å². The van der Waals surface area contributed by atoms with Crippen LogP contribution in [0.4, 0.5) is 13.2 Å². The second-order valence-electron chi connectivity index (χ2n) is 7.36. The number of carbonyl (C=O) groups excluding carboxylic acids is 1. The van der Waals surface area contributed by atoms with Crippen LogP contribution in [-0.2, 0) is 22.0 Å². The highest BCUT2D eigenvalue weighted by atomic mass is 32.2. The minimum absolute atomic E-state index is 0.00589. The van der Waals surface area contributed by atoms with Crippen molar-refractivity contribution in [2.24, 2.45) is 0 Å². The number of sulfone groups is 1. The molecule has 0 aliphatic heterocycles. The van der Waals surface area contributed by atoms with E-state index in [1.165, 1.54) is 12.1 Å². The van der Waals surface area contributed by atoms with E-state index in [0.717, 1.165) is 12.1 Å². The highest BCUT2D eigenvalue weighted by molar-refractivity contribution is 7.91. The molecule has 2 rings (SSSR count). The van der Waals surface area contributed by atoms with E-state index in [9.17, 15) is 26.4 Å². The molecule has 0 amide bonds. The van der Waals surface area contributed by atoms with E-state index >= 15 is 0 Å². The molecule has 0 bridgehead atoms. The molecule has 8 heteroatoms. The summed E-state index contributed by atoms with van der Waals surface area (Å²) < 4.78 is 63.9. The molecule has 0 radical (unpaired) electrons. The zero-order valence-corrected chi connectivity index (χ0v) is 16.5. The summed E-state index contributed by atoms with van der Waals surface area (Å²) in [5, 5.41) is 0. The Hall–Kier alpha value is -2.35. The summed E-state index contributed by atoms with van der Waals surface area (Å²) in [5.41, 5.74) is 1.52. The van der Waals surface area contributed by atoms with Gasteiger partial charge in [-0.15, -0.1) is 13.2 Å². The van der Waals surface area contributed by atoms with Gasteiger partial charge >= 0.3 is 6.36 Å². The third kappa shape index (κ3) is 6.09. The molecule has 4 nitrogen and oxygen atoms in total. The largest absolute Gasteiger partial charge is 0.573 e. The van der Waals surface area contributed by atoms with Gasteiger partial charge in [0, 0.05) is 12.0 Å². The molecular formula is C20H21F3O4S. The summed E-state index contributed by atoms with van der Waals surface area (Å²) >= 11 is 0. The van der Waals surface area contributed by atoms with Crippen molar-refractivity contribution in [1.29, 1.82) is 0 Å². The van der Waals surface area contributed by atoms with Crippen LogP contribution in [0.25, 0.3) is 0 Å². The third-order valence-corrected chi connectivity index (χ3v) is 6.67. The molecule has 28 heavy (non-hydrogen) atoms. The van der Waals surface area contributed by atoms with Gasteiger partial charge in [0.25, 0.3) is 0 Å². The summed E-state index contributed by atoms with van der Waals surface area (Å²) in [7, 11) is -3.33. The van der Waals surface area contributed by atoms with Gasteiger partial charge in [-0.2, -0.15) is 0 Å². The summed E-state index contributed by atoms with van der Waals surface area (Å²) in [4.78, 5) is 12.4. The molecule has 0 saturated heterocycles. The first-order valence-corrected chi connectivity index (χ1v) is 10.1. The van der Waals surface area contributed by atoms with E-state index in [0.29, 0.717) is 16.7 Å². The number of alkyl halides is 3. The lowest BCUT2D eigenvalue weighted by molar-refractivity contribution is -0.274. The van der Waals surface area contributed by atoms with Gasteiger partial charge in [0.05, 0.1) is 10.5 Å². The molecule has 0 spiro atoms. The first kappa shape index (κ1) is 21.9. The number of Topliss-reactive ketones (excluding diaryl/α,β-unsaturated/α-hetero) is 1. The Bertz CT molecular complexity index is 923. The summed E-state index contributed by atoms with van der Waals surface area (Å²) in [6, 6.07) is 11.4. The van der Waals surface area contributed by atoms with Gasteiger partial charge in [0.15, 0.2) is 15.6 Å². The Morgan fingerprint density at radius 3 is 1.86 bits per heavy atom. The smallest absolute Gasteiger partial charge is 0.406 e. The number of benzene rings is 2. The van der Waals surface area contributed by atoms with Crippen molar-refractivity contribution < 1.29 is 31.1 Å². The molecular weight excluding hydrogens is 393 g/mol. The van der Waals surface area contributed by atoms with Crippen molar-refractivity contribution in [3.05, 3.63) is 65.2 Å². The van der Waals surface area contributed by atoms with Gasteiger partial charge in [-0.05, 0) is 44.0 Å². The Morgan fingerprint density at radius 1 is 0.893 bits per heavy atom. The van der Waals surface area contributed by atoms with Crippen molar-refractivity contribution in [3.8, 4) is 5.75 Å². The lowest BCUT2D eigenvalue weighted by Crippen LogP contribution is -2.29. The zero-order chi connectivity index (χ0) is 21.2. The summed E-state index contributed by atoms with van der Waals surface area (Å²) in [6.45, 7) is 4.89. The number of ether oxygens (including phenoxy) is 1. The van der Waals surface area contributed by atoms with Crippen molar-refractivity contribution in [2.45, 2.75) is 44.1 Å². The number of rotatable bonds is 6. The van der Waals surface area contributed by atoms with Crippen LogP contribution in [-0.4, -0.2) is 25.3 Å². The number of halogens is 3. The fourth-order valence-electron chi connectivity index (χ4n) is 2.32. The molecule has 0 unspecified atom stereocenters. The van der Waals surface area contributed by atoms with E-state index in [1.807, 2.05) is 0 Å². The topological polar surface area (TPSA) is 60.4 Å². The molecule has 2 aromatic rings. The fraction of sp³-hybridized carbons (Fsp3) is 0.350. The number of hydrogen-bond acceptors (Lipinski definition) is 4. The SMILES string of the molecule is CC(C)(C)S(=O)(=O)Cc1ccc(C(=O)Cc2ccc(OC(F)(F)F)cc2)cc1. The molecule has 0 fully saturated rings. The molecule has 0 N–H and O–H groups in total. The second kappa shape index (κ2) is 7.95. The summed E-state index contributed by atoms with van der Waals surface area (Å²) in [5.74, 6) is -0.700. The van der Waals surface area contributed by atoms with Crippen molar-refractivity contribution >= 4 is 15.6 Å². The highest BCUT2D eigenvalue weighted by Gasteiger charge is 2.31. The van der Waals surface area contributed by atoms with E-state index in [-0.39, 0.29) is 23.7 Å². The van der Waals surface area contributed by atoms with Crippen LogP contribution >= 0.6 is 0 Å². The Balaban J connectivity index is 2.03. The summed E-state index contributed by atoms with van der Waals surface area (Å²) in [6.07, 6.45) is -4.76. The van der Waals surface area contributed by atoms with Crippen molar-refractivity contribution in [2.75, 3.05) is 0 Å². The van der Waals surface area contributed by atoms with E-state index in [4.69, 9.17) is 0 Å².